The van der Waals surface area contributed by atoms with Gasteiger partial charge in [-0.3, -0.25) is 9.36 Å². The molecular weight excluding hydrogens is 464 g/mol. The first-order chi connectivity index (χ1) is 14.2. The Morgan fingerprint density at radius 1 is 0.931 bits per heavy atom. The fourth-order valence-electron chi connectivity index (χ4n) is 3.46. The molecule has 6 heteroatoms. The number of thiazole rings is 1. The molecule has 0 radical (unpaired) electrons. The molecule has 0 saturated heterocycles. The second-order valence-corrected chi connectivity index (χ2v) is 9.55. The summed E-state index contributed by atoms with van der Waals surface area (Å²) in [5.41, 5.74) is 3.92. The van der Waals surface area contributed by atoms with Crippen LogP contribution in [0.3, 0.4) is 0 Å². The van der Waals surface area contributed by atoms with Gasteiger partial charge in [-0.1, -0.05) is 76.2 Å². The molecule has 0 N–H and O–H groups in total. The van der Waals surface area contributed by atoms with Gasteiger partial charge >= 0.3 is 0 Å². The molecule has 29 heavy (non-hydrogen) atoms. The molecule has 0 fully saturated rings. The van der Waals surface area contributed by atoms with Crippen LogP contribution in [0, 0.1) is 0 Å². The van der Waals surface area contributed by atoms with Crippen molar-refractivity contribution in [3.05, 3.63) is 82.6 Å². The molecule has 2 heterocycles. The second-order valence-electron chi connectivity index (χ2n) is 6.56. The first kappa shape index (κ1) is 18.6. The predicted molar refractivity (Wildman–Crippen MR) is 126 cm³/mol. The first-order valence-corrected chi connectivity index (χ1v) is 11.7. The Kier molecular flexibility index (Phi) is 4.99. The van der Waals surface area contributed by atoms with Crippen molar-refractivity contribution in [2.45, 2.75) is 4.34 Å². The quantitative estimate of drug-likeness (QED) is 0.258. The van der Waals surface area contributed by atoms with Gasteiger partial charge in [0.2, 0.25) is 5.91 Å². The maximum absolute atomic E-state index is 13.1. The topological polar surface area (TPSA) is 34.9 Å². The normalized spacial score (nSPS) is 11.3. The molecule has 142 valence electrons. The number of hydrogen-bond acceptors (Lipinski definition) is 4. The number of halogens is 1. The number of hydrogen-bond donors (Lipinski definition) is 0. The highest BCUT2D eigenvalue weighted by molar-refractivity contribution is 9.10. The highest BCUT2D eigenvalue weighted by atomic mass is 79.9. The second kappa shape index (κ2) is 7.78. The average molecular weight is 479 g/mol. The van der Waals surface area contributed by atoms with Gasteiger partial charge in [0.05, 0.1) is 22.5 Å². The fraction of sp³-hybridized carbons (Fsp3) is 0.0435. The Bertz CT molecular complexity index is 1290. The molecule has 0 bridgehead atoms. The minimum atomic E-state index is 0.0628. The van der Waals surface area contributed by atoms with Crippen molar-refractivity contribution < 1.29 is 4.79 Å². The zero-order valence-electron chi connectivity index (χ0n) is 15.2. The van der Waals surface area contributed by atoms with Crippen LogP contribution in [-0.4, -0.2) is 21.2 Å². The third-order valence-corrected chi connectivity index (χ3v) is 7.31. The summed E-state index contributed by atoms with van der Waals surface area (Å²) in [6.45, 7) is 0. The summed E-state index contributed by atoms with van der Waals surface area (Å²) >= 11 is 6.52. The van der Waals surface area contributed by atoms with Crippen LogP contribution in [0.1, 0.15) is 4.79 Å². The van der Waals surface area contributed by atoms with E-state index in [2.05, 4.69) is 28.1 Å². The van der Waals surface area contributed by atoms with Crippen molar-refractivity contribution in [1.29, 1.82) is 0 Å². The molecule has 0 aliphatic heterocycles. The lowest BCUT2D eigenvalue weighted by Gasteiger charge is -2.05. The van der Waals surface area contributed by atoms with E-state index in [0.717, 1.165) is 41.9 Å². The van der Waals surface area contributed by atoms with Gasteiger partial charge in [0, 0.05) is 26.2 Å². The van der Waals surface area contributed by atoms with Crippen molar-refractivity contribution in [1.82, 2.24) is 9.55 Å². The van der Waals surface area contributed by atoms with E-state index >= 15 is 0 Å². The number of benzene rings is 3. The minimum Gasteiger partial charge on any atom is -0.279 e. The van der Waals surface area contributed by atoms with E-state index in [0.29, 0.717) is 5.75 Å². The van der Waals surface area contributed by atoms with Crippen LogP contribution in [-0.2, 0) is 0 Å². The molecule has 0 atom stereocenters. The van der Waals surface area contributed by atoms with E-state index in [1.807, 2.05) is 70.6 Å². The lowest BCUT2D eigenvalue weighted by molar-refractivity contribution is 0.0951. The lowest BCUT2D eigenvalue weighted by Crippen LogP contribution is -2.12. The van der Waals surface area contributed by atoms with E-state index in [1.165, 1.54) is 11.8 Å². The summed E-state index contributed by atoms with van der Waals surface area (Å²) in [6.07, 6.45) is 0. The van der Waals surface area contributed by atoms with Gasteiger partial charge in [0.25, 0.3) is 0 Å². The van der Waals surface area contributed by atoms with Crippen LogP contribution in [0.2, 0.25) is 0 Å². The van der Waals surface area contributed by atoms with Gasteiger partial charge in [-0.25, -0.2) is 4.98 Å². The molecule has 5 rings (SSSR count). The lowest BCUT2D eigenvalue weighted by atomic mass is 10.2. The third kappa shape index (κ3) is 3.52. The molecule has 0 saturated carbocycles. The molecule has 0 unspecified atom stereocenters. The van der Waals surface area contributed by atoms with Crippen LogP contribution in [0.5, 0.6) is 0 Å². The first-order valence-electron chi connectivity index (χ1n) is 9.06. The molecule has 0 aliphatic rings. The number of nitrogens with zero attached hydrogens (tertiary/aromatic N) is 2. The Labute approximate surface area is 184 Å². The standard InChI is InChI=1S/C23H15BrN2OS2/c24-16-11-9-15(10-12-16)19-13-28-23(25-19)29-14-22(27)26-20-7-3-1-5-17(20)18-6-2-4-8-21(18)26/h1-13H,14H2. The Hall–Kier alpha value is -2.41. The third-order valence-electron chi connectivity index (χ3n) is 4.77. The Morgan fingerprint density at radius 2 is 1.55 bits per heavy atom. The van der Waals surface area contributed by atoms with Gasteiger partial charge < -0.3 is 0 Å². The molecule has 5 aromatic rings. The van der Waals surface area contributed by atoms with E-state index in [4.69, 9.17) is 4.98 Å². The van der Waals surface area contributed by atoms with Crippen LogP contribution in [0.25, 0.3) is 33.1 Å². The number of para-hydroxylation sites is 2. The molecule has 2 aromatic heterocycles. The highest BCUT2D eigenvalue weighted by Gasteiger charge is 2.16. The van der Waals surface area contributed by atoms with Crippen LogP contribution in [0.15, 0.2) is 87.0 Å². The smallest absolute Gasteiger partial charge is 0.242 e. The van der Waals surface area contributed by atoms with Gasteiger partial charge in [0.1, 0.15) is 0 Å². The predicted octanol–water partition coefficient (Wildman–Crippen LogP) is 7.11. The molecule has 0 amide bonds. The van der Waals surface area contributed by atoms with Crippen LogP contribution >= 0.6 is 39.0 Å². The number of rotatable bonds is 4. The highest BCUT2D eigenvalue weighted by Crippen LogP contribution is 2.31. The zero-order valence-corrected chi connectivity index (χ0v) is 18.4. The maximum Gasteiger partial charge on any atom is 0.242 e. The van der Waals surface area contributed by atoms with Crippen LogP contribution in [0.4, 0.5) is 0 Å². The monoisotopic (exact) mass is 478 g/mol. The number of carbonyl (C=O) groups excluding carboxylic acids is 1. The van der Waals surface area contributed by atoms with Crippen LogP contribution < -0.4 is 0 Å². The van der Waals surface area contributed by atoms with Gasteiger partial charge in [-0.15, -0.1) is 11.3 Å². The van der Waals surface area contributed by atoms with Crippen molar-refractivity contribution in [2.24, 2.45) is 0 Å². The van der Waals surface area contributed by atoms with E-state index in [-0.39, 0.29) is 5.91 Å². The summed E-state index contributed by atoms with van der Waals surface area (Å²) in [7, 11) is 0. The van der Waals surface area contributed by atoms with Gasteiger partial charge in [-0.2, -0.15) is 0 Å². The van der Waals surface area contributed by atoms with Gasteiger partial charge in [-0.05, 0) is 24.3 Å². The molecule has 0 aliphatic carbocycles. The van der Waals surface area contributed by atoms with E-state index < -0.39 is 0 Å². The SMILES string of the molecule is O=C(CSc1nc(-c2ccc(Br)cc2)cs1)n1c2ccccc2c2ccccc21. The largest absolute Gasteiger partial charge is 0.279 e. The number of fused-ring (bicyclic) bond motifs is 3. The summed E-state index contributed by atoms with van der Waals surface area (Å²) < 4.78 is 3.78. The Morgan fingerprint density at radius 3 is 2.21 bits per heavy atom. The molecule has 3 aromatic carbocycles. The number of aromatic nitrogens is 2. The van der Waals surface area contributed by atoms with E-state index in [1.54, 1.807) is 11.3 Å². The van der Waals surface area contributed by atoms with Crippen molar-refractivity contribution >= 4 is 66.7 Å². The molecule has 3 nitrogen and oxygen atoms in total. The van der Waals surface area contributed by atoms with Gasteiger partial charge in [0.15, 0.2) is 4.34 Å². The summed E-state index contributed by atoms with van der Waals surface area (Å²) in [6, 6.07) is 24.2. The molecule has 0 spiro atoms. The Balaban J connectivity index is 1.41. The summed E-state index contributed by atoms with van der Waals surface area (Å²) in [5, 5.41) is 4.25. The minimum absolute atomic E-state index is 0.0628. The summed E-state index contributed by atoms with van der Waals surface area (Å²) in [4.78, 5) is 17.8. The zero-order chi connectivity index (χ0) is 19.8. The van der Waals surface area contributed by atoms with Crippen molar-refractivity contribution in [3.63, 3.8) is 0 Å². The van der Waals surface area contributed by atoms with Crippen molar-refractivity contribution in [3.8, 4) is 11.3 Å². The molecular formula is C23H15BrN2OS2. The number of thioether (sulfide) groups is 1. The number of carbonyl (C=O) groups is 1. The maximum atomic E-state index is 13.1. The average Bonchev–Trinajstić information content (AvgIpc) is 3.35. The van der Waals surface area contributed by atoms with E-state index in [9.17, 15) is 4.79 Å². The van der Waals surface area contributed by atoms with Crippen molar-refractivity contribution in [2.75, 3.05) is 5.75 Å². The fourth-order valence-corrected chi connectivity index (χ4v) is 5.40. The summed E-state index contributed by atoms with van der Waals surface area (Å²) in [5.74, 6) is 0.406.